The fraction of sp³-hybridized carbons (Fsp3) is 0.611. The summed E-state index contributed by atoms with van der Waals surface area (Å²) in [5, 5.41) is 8.70. The van der Waals surface area contributed by atoms with E-state index in [0.29, 0.717) is 36.7 Å². The van der Waals surface area contributed by atoms with Crippen LogP contribution < -0.4 is 0 Å². The summed E-state index contributed by atoms with van der Waals surface area (Å²) in [6, 6.07) is 0. The number of rotatable bonds is 5. The van der Waals surface area contributed by atoms with Gasteiger partial charge in [0, 0.05) is 44.4 Å². The van der Waals surface area contributed by atoms with Gasteiger partial charge in [-0.3, -0.25) is 9.48 Å². The number of hydrogen-bond acceptors (Lipinski definition) is 5. The maximum Gasteiger partial charge on any atom is 0.259 e. The lowest BCUT2D eigenvalue weighted by atomic mass is 9.96. The quantitative estimate of drug-likeness (QED) is 0.832. The molecule has 134 valence electrons. The number of ether oxygens (including phenoxy) is 1. The zero-order valence-electron chi connectivity index (χ0n) is 15.0. The molecular weight excluding hydrogens is 320 g/mol. The van der Waals surface area contributed by atoms with Crippen molar-refractivity contribution in [2.75, 3.05) is 20.3 Å². The van der Waals surface area contributed by atoms with Crippen molar-refractivity contribution in [1.29, 1.82) is 0 Å². The summed E-state index contributed by atoms with van der Waals surface area (Å²) in [7, 11) is 1.69. The summed E-state index contributed by atoms with van der Waals surface area (Å²) in [6.07, 6.45) is 4.69. The molecule has 1 aliphatic carbocycles. The summed E-state index contributed by atoms with van der Waals surface area (Å²) < 4.78 is 12.6. The van der Waals surface area contributed by atoms with Crippen molar-refractivity contribution in [2.45, 2.75) is 45.7 Å². The minimum atomic E-state index is -0.0297. The second-order valence-electron chi connectivity index (χ2n) is 7.24. The normalized spacial score (nSPS) is 20.0. The van der Waals surface area contributed by atoms with E-state index >= 15 is 0 Å². The van der Waals surface area contributed by atoms with Gasteiger partial charge in [-0.25, -0.2) is 0 Å². The Labute approximate surface area is 146 Å². The fourth-order valence-corrected chi connectivity index (χ4v) is 3.66. The molecule has 1 unspecified atom stereocenters. The minimum Gasteiger partial charge on any atom is -0.384 e. The number of amides is 1. The Balaban J connectivity index is 1.61. The second kappa shape index (κ2) is 6.29. The Morgan fingerprint density at radius 3 is 2.84 bits per heavy atom. The largest absolute Gasteiger partial charge is 0.384 e. The Morgan fingerprint density at radius 1 is 1.40 bits per heavy atom. The first kappa shape index (κ1) is 16.3. The van der Waals surface area contributed by atoms with Crippen LogP contribution in [0.5, 0.6) is 0 Å². The molecule has 0 bridgehead atoms. The SMILES string of the molecule is COCC1CN(C(=O)c2c(C)noc2C)Cc2cn(CC3CC3)nc21. The first-order valence-electron chi connectivity index (χ1n) is 8.84. The van der Waals surface area contributed by atoms with E-state index < -0.39 is 0 Å². The Morgan fingerprint density at radius 2 is 2.20 bits per heavy atom. The Hall–Kier alpha value is -2.15. The van der Waals surface area contributed by atoms with Crippen LogP contribution in [0.1, 0.15) is 51.8 Å². The highest BCUT2D eigenvalue weighted by Crippen LogP contribution is 2.33. The highest BCUT2D eigenvalue weighted by molar-refractivity contribution is 5.96. The Bertz CT molecular complexity index is 771. The molecule has 7 heteroatoms. The highest BCUT2D eigenvalue weighted by atomic mass is 16.5. The lowest BCUT2D eigenvalue weighted by molar-refractivity contribution is 0.0676. The van der Waals surface area contributed by atoms with Crippen LogP contribution in [0.15, 0.2) is 10.7 Å². The number of hydrogen-bond donors (Lipinski definition) is 0. The van der Waals surface area contributed by atoms with Gasteiger partial charge < -0.3 is 14.2 Å². The number of carbonyl (C=O) groups excluding carboxylic acids is 1. The van der Waals surface area contributed by atoms with Crippen molar-refractivity contribution in [2.24, 2.45) is 5.92 Å². The van der Waals surface area contributed by atoms with Crippen LogP contribution in [0, 0.1) is 19.8 Å². The molecule has 2 aromatic heterocycles. The van der Waals surface area contributed by atoms with Crippen LogP contribution in [-0.2, 0) is 17.8 Å². The van der Waals surface area contributed by atoms with E-state index in [4.69, 9.17) is 14.4 Å². The zero-order chi connectivity index (χ0) is 17.6. The van der Waals surface area contributed by atoms with Crippen molar-refractivity contribution >= 4 is 5.91 Å². The summed E-state index contributed by atoms with van der Waals surface area (Å²) in [4.78, 5) is 14.9. The van der Waals surface area contributed by atoms with Crippen LogP contribution in [-0.4, -0.2) is 46.0 Å². The number of methoxy groups -OCH3 is 1. The molecule has 1 atom stereocenters. The lowest BCUT2D eigenvalue weighted by Crippen LogP contribution is -2.39. The van der Waals surface area contributed by atoms with Crippen molar-refractivity contribution in [1.82, 2.24) is 19.8 Å². The highest BCUT2D eigenvalue weighted by Gasteiger charge is 2.34. The summed E-state index contributed by atoms with van der Waals surface area (Å²) in [5.41, 5.74) is 3.41. The van der Waals surface area contributed by atoms with E-state index in [-0.39, 0.29) is 11.8 Å². The van der Waals surface area contributed by atoms with E-state index in [1.54, 1.807) is 21.0 Å². The number of carbonyl (C=O) groups is 1. The molecule has 1 aliphatic heterocycles. The first-order valence-corrected chi connectivity index (χ1v) is 8.84. The molecular formula is C18H24N4O3. The van der Waals surface area contributed by atoms with E-state index in [1.165, 1.54) is 12.8 Å². The molecule has 2 aromatic rings. The molecule has 0 aromatic carbocycles. The number of aryl methyl sites for hydroxylation is 2. The maximum atomic E-state index is 13.0. The van der Waals surface area contributed by atoms with Gasteiger partial charge in [0.25, 0.3) is 5.91 Å². The van der Waals surface area contributed by atoms with E-state index in [1.807, 2.05) is 4.90 Å². The summed E-state index contributed by atoms with van der Waals surface area (Å²) in [5.74, 6) is 1.40. The topological polar surface area (TPSA) is 73.4 Å². The summed E-state index contributed by atoms with van der Waals surface area (Å²) in [6.45, 7) is 6.29. The van der Waals surface area contributed by atoms with Crippen molar-refractivity contribution in [3.63, 3.8) is 0 Å². The molecule has 3 heterocycles. The summed E-state index contributed by atoms with van der Waals surface area (Å²) >= 11 is 0. The fourth-order valence-electron chi connectivity index (χ4n) is 3.66. The molecule has 4 rings (SSSR count). The van der Waals surface area contributed by atoms with Crippen molar-refractivity contribution in [3.8, 4) is 0 Å². The molecule has 1 fully saturated rings. The van der Waals surface area contributed by atoms with Crippen molar-refractivity contribution < 1.29 is 14.1 Å². The molecule has 1 saturated carbocycles. The molecule has 2 aliphatic rings. The number of aromatic nitrogens is 3. The van der Waals surface area contributed by atoms with Crippen LogP contribution in [0.25, 0.3) is 0 Å². The van der Waals surface area contributed by atoms with Gasteiger partial charge in [0.15, 0.2) is 0 Å². The predicted octanol–water partition coefficient (Wildman–Crippen LogP) is 2.28. The molecule has 0 radical (unpaired) electrons. The molecule has 0 N–H and O–H groups in total. The van der Waals surface area contributed by atoms with Crippen LogP contribution in [0.2, 0.25) is 0 Å². The third-order valence-corrected chi connectivity index (χ3v) is 5.10. The number of nitrogens with zero attached hydrogens (tertiary/aromatic N) is 4. The van der Waals surface area contributed by atoms with Gasteiger partial charge in [-0.1, -0.05) is 5.16 Å². The first-order chi connectivity index (χ1) is 12.1. The Kier molecular flexibility index (Phi) is 4.11. The third-order valence-electron chi connectivity index (χ3n) is 5.10. The molecule has 0 saturated heterocycles. The van der Waals surface area contributed by atoms with E-state index in [9.17, 15) is 4.79 Å². The average molecular weight is 344 g/mol. The van der Waals surface area contributed by atoms with Gasteiger partial charge in [-0.2, -0.15) is 5.10 Å². The van der Waals surface area contributed by atoms with Crippen LogP contribution >= 0.6 is 0 Å². The van der Waals surface area contributed by atoms with Crippen LogP contribution in [0.4, 0.5) is 0 Å². The molecule has 0 spiro atoms. The average Bonchev–Trinajstić information content (AvgIpc) is 3.19. The van der Waals surface area contributed by atoms with E-state index in [0.717, 1.165) is 23.7 Å². The van der Waals surface area contributed by atoms with Gasteiger partial charge in [0.05, 0.1) is 18.0 Å². The lowest BCUT2D eigenvalue weighted by Gasteiger charge is -2.31. The van der Waals surface area contributed by atoms with Crippen molar-refractivity contribution in [3.05, 3.63) is 34.5 Å². The maximum absolute atomic E-state index is 13.0. The monoisotopic (exact) mass is 344 g/mol. The molecule has 7 nitrogen and oxygen atoms in total. The van der Waals surface area contributed by atoms with Gasteiger partial charge in [-0.15, -0.1) is 0 Å². The molecule has 1 amide bonds. The standard InChI is InChI=1S/C18H24N4O3/c1-11-16(12(2)25-20-11)18(23)21-7-14-9-22(6-13-4-5-13)19-17(14)15(8-21)10-24-3/h9,13,15H,4-8,10H2,1-3H3. The molecule has 25 heavy (non-hydrogen) atoms. The van der Waals surface area contributed by atoms with Gasteiger partial charge in [0.1, 0.15) is 11.3 Å². The smallest absolute Gasteiger partial charge is 0.259 e. The second-order valence-corrected chi connectivity index (χ2v) is 7.24. The van der Waals surface area contributed by atoms with Gasteiger partial charge in [-0.05, 0) is 32.6 Å². The minimum absolute atomic E-state index is 0.0297. The van der Waals surface area contributed by atoms with Gasteiger partial charge >= 0.3 is 0 Å². The van der Waals surface area contributed by atoms with E-state index in [2.05, 4.69) is 16.0 Å². The number of fused-ring (bicyclic) bond motifs is 1. The zero-order valence-corrected chi connectivity index (χ0v) is 15.0. The van der Waals surface area contributed by atoms with Crippen LogP contribution in [0.3, 0.4) is 0 Å². The predicted molar refractivity (Wildman–Crippen MR) is 90.3 cm³/mol. The third kappa shape index (κ3) is 3.08. The van der Waals surface area contributed by atoms with Gasteiger partial charge in [0.2, 0.25) is 0 Å².